The highest BCUT2D eigenvalue weighted by molar-refractivity contribution is 5.96. The van der Waals surface area contributed by atoms with E-state index < -0.39 is 18.4 Å². The SMILES string of the molecule is [2H]C([2H])([2H])C(=O)O[C@@]1(C#C)CCC2C3CCC4=CC(=NO)CCC4C3CC[C@@]21CC. The Kier molecular flexibility index (Phi) is 3.76. The van der Waals surface area contributed by atoms with Gasteiger partial charge in [-0.1, -0.05) is 23.6 Å². The Hall–Kier alpha value is -1.76. The zero-order valence-corrected chi connectivity index (χ0v) is 16.0. The Labute approximate surface area is 166 Å². The van der Waals surface area contributed by atoms with Crippen LogP contribution in [-0.2, 0) is 9.53 Å². The summed E-state index contributed by atoms with van der Waals surface area (Å²) in [5.74, 6) is 3.56. The molecule has 0 saturated heterocycles. The van der Waals surface area contributed by atoms with E-state index in [0.717, 1.165) is 57.1 Å². The highest BCUT2D eigenvalue weighted by Crippen LogP contribution is 2.67. The predicted molar refractivity (Wildman–Crippen MR) is 104 cm³/mol. The normalized spacial score (nSPS) is 46.6. The molecule has 4 aliphatic carbocycles. The maximum Gasteiger partial charge on any atom is 0.304 e. The molecule has 0 heterocycles. The molecule has 3 saturated carbocycles. The Morgan fingerprint density at radius 1 is 1.37 bits per heavy atom. The monoisotopic (exact) mass is 372 g/mol. The molecule has 6 atom stereocenters. The van der Waals surface area contributed by atoms with Gasteiger partial charge in [-0.3, -0.25) is 4.79 Å². The highest BCUT2D eigenvalue weighted by atomic mass is 16.6. The van der Waals surface area contributed by atoms with Crippen LogP contribution in [0.15, 0.2) is 16.8 Å². The molecule has 0 amide bonds. The number of hydrogen-bond donors (Lipinski definition) is 1. The van der Waals surface area contributed by atoms with Crippen LogP contribution in [0, 0.1) is 41.4 Å². The molecule has 0 aromatic carbocycles. The standard InChI is InChI=1S/C23H31NO3/c1-4-22-12-10-19-18-9-7-17(24-26)14-16(18)6-8-20(19)21(22)11-13-23(22,5-2)27-15(3)25/h2,14,18-21,26H,4,6-13H2,1,3H3/t18?,19?,20?,21?,22-,23-/m0/s1/i3D3. The Bertz CT molecular complexity index is 827. The fourth-order valence-electron chi connectivity index (χ4n) is 7.37. The lowest BCUT2D eigenvalue weighted by molar-refractivity contribution is -0.170. The molecule has 3 fully saturated rings. The molecule has 4 nitrogen and oxygen atoms in total. The van der Waals surface area contributed by atoms with Crippen molar-refractivity contribution in [3.63, 3.8) is 0 Å². The van der Waals surface area contributed by atoms with Gasteiger partial charge in [-0.05, 0) is 87.5 Å². The summed E-state index contributed by atoms with van der Waals surface area (Å²) in [6.07, 6.45) is 16.0. The second-order valence-electron chi connectivity index (χ2n) is 8.88. The third-order valence-corrected chi connectivity index (χ3v) is 8.39. The van der Waals surface area contributed by atoms with E-state index in [-0.39, 0.29) is 5.41 Å². The Balaban J connectivity index is 1.64. The highest BCUT2D eigenvalue weighted by Gasteiger charge is 2.65. The molecule has 0 bridgehead atoms. The van der Waals surface area contributed by atoms with Crippen molar-refractivity contribution in [1.82, 2.24) is 0 Å². The quantitative estimate of drug-likeness (QED) is 0.330. The molecule has 0 aliphatic heterocycles. The first-order valence-corrected chi connectivity index (χ1v) is 10.3. The van der Waals surface area contributed by atoms with Crippen LogP contribution in [0.3, 0.4) is 0 Å². The summed E-state index contributed by atoms with van der Waals surface area (Å²) in [4.78, 5) is 12.3. The molecular weight excluding hydrogens is 338 g/mol. The number of terminal acetylenes is 1. The number of allylic oxidation sites excluding steroid dienone is 2. The van der Waals surface area contributed by atoms with Crippen molar-refractivity contribution < 1.29 is 18.9 Å². The van der Waals surface area contributed by atoms with Crippen LogP contribution in [0.5, 0.6) is 0 Å². The van der Waals surface area contributed by atoms with Crippen molar-refractivity contribution in [2.24, 2.45) is 34.2 Å². The second-order valence-corrected chi connectivity index (χ2v) is 8.88. The molecule has 0 spiro atoms. The van der Waals surface area contributed by atoms with Crippen molar-refractivity contribution in [3.8, 4) is 12.3 Å². The molecule has 4 heteroatoms. The van der Waals surface area contributed by atoms with Crippen LogP contribution in [0.2, 0.25) is 0 Å². The second kappa shape index (κ2) is 6.69. The third-order valence-electron chi connectivity index (χ3n) is 8.39. The molecule has 146 valence electrons. The van der Waals surface area contributed by atoms with Gasteiger partial charge in [0, 0.05) is 16.4 Å². The number of oxime groups is 1. The maximum absolute atomic E-state index is 12.3. The van der Waals surface area contributed by atoms with Gasteiger partial charge in [0.05, 0.1) is 5.71 Å². The average Bonchev–Trinajstić information content (AvgIpc) is 3.07. The number of fused-ring (bicyclic) bond motifs is 5. The third kappa shape index (κ3) is 2.57. The summed E-state index contributed by atoms with van der Waals surface area (Å²) in [6, 6.07) is 0. The molecule has 0 aromatic heterocycles. The number of ether oxygens (including phenoxy) is 1. The van der Waals surface area contributed by atoms with E-state index in [0.29, 0.717) is 30.1 Å². The van der Waals surface area contributed by atoms with E-state index in [1.165, 1.54) is 5.57 Å². The Morgan fingerprint density at radius 3 is 2.93 bits per heavy atom. The summed E-state index contributed by atoms with van der Waals surface area (Å²) in [5.41, 5.74) is 0.719. The van der Waals surface area contributed by atoms with Crippen molar-refractivity contribution in [1.29, 1.82) is 0 Å². The van der Waals surface area contributed by atoms with E-state index in [1.807, 2.05) is 0 Å². The number of carbonyl (C=O) groups is 1. The van der Waals surface area contributed by atoms with Crippen LogP contribution < -0.4 is 0 Å². The maximum atomic E-state index is 12.3. The summed E-state index contributed by atoms with van der Waals surface area (Å²) in [5, 5.41) is 12.6. The van der Waals surface area contributed by atoms with Gasteiger partial charge < -0.3 is 9.94 Å². The molecular formula is C23H31NO3. The van der Waals surface area contributed by atoms with Crippen LogP contribution >= 0.6 is 0 Å². The molecule has 4 unspecified atom stereocenters. The van der Waals surface area contributed by atoms with Crippen molar-refractivity contribution in [2.45, 2.75) is 77.2 Å². The van der Waals surface area contributed by atoms with Gasteiger partial charge in [0.25, 0.3) is 0 Å². The van der Waals surface area contributed by atoms with E-state index >= 15 is 0 Å². The number of rotatable bonds is 2. The van der Waals surface area contributed by atoms with Gasteiger partial charge in [-0.2, -0.15) is 0 Å². The van der Waals surface area contributed by atoms with E-state index in [4.69, 9.17) is 20.5 Å². The van der Waals surface area contributed by atoms with Crippen LogP contribution in [0.1, 0.15) is 75.7 Å². The van der Waals surface area contributed by atoms with Gasteiger partial charge in [-0.15, -0.1) is 6.42 Å². The summed E-state index contributed by atoms with van der Waals surface area (Å²) in [7, 11) is 0. The van der Waals surface area contributed by atoms with Gasteiger partial charge in [-0.25, -0.2) is 0 Å². The van der Waals surface area contributed by atoms with Gasteiger partial charge >= 0.3 is 5.97 Å². The predicted octanol–water partition coefficient (Wildman–Crippen LogP) is 4.71. The molecule has 4 aliphatic rings. The number of esters is 1. The van der Waals surface area contributed by atoms with Gasteiger partial charge in [0.2, 0.25) is 0 Å². The molecule has 0 radical (unpaired) electrons. The first-order chi connectivity index (χ1) is 14.2. The zero-order chi connectivity index (χ0) is 21.7. The summed E-state index contributed by atoms with van der Waals surface area (Å²) < 4.78 is 28.1. The largest absolute Gasteiger partial charge is 0.445 e. The fraction of sp³-hybridized carbons (Fsp3) is 0.739. The lowest BCUT2D eigenvalue weighted by atomic mass is 9.49. The molecule has 0 aromatic rings. The molecule has 27 heavy (non-hydrogen) atoms. The van der Waals surface area contributed by atoms with Crippen LogP contribution in [-0.4, -0.2) is 22.5 Å². The first kappa shape index (κ1) is 15.2. The molecule has 4 rings (SSSR count). The van der Waals surface area contributed by atoms with E-state index in [9.17, 15) is 4.79 Å². The number of hydrogen-bond acceptors (Lipinski definition) is 4. The Morgan fingerprint density at radius 2 is 2.22 bits per heavy atom. The topological polar surface area (TPSA) is 58.9 Å². The lowest BCUT2D eigenvalue weighted by Crippen LogP contribution is -2.55. The fourth-order valence-corrected chi connectivity index (χ4v) is 7.37. The summed E-state index contributed by atoms with van der Waals surface area (Å²) >= 11 is 0. The minimum absolute atomic E-state index is 0.344. The van der Waals surface area contributed by atoms with Gasteiger partial charge in [0.15, 0.2) is 5.60 Å². The average molecular weight is 373 g/mol. The minimum atomic E-state index is -2.80. The van der Waals surface area contributed by atoms with Crippen molar-refractivity contribution >= 4 is 11.7 Å². The minimum Gasteiger partial charge on any atom is -0.445 e. The van der Waals surface area contributed by atoms with E-state index in [1.54, 1.807) is 0 Å². The number of nitrogens with zero attached hydrogens (tertiary/aromatic N) is 1. The van der Waals surface area contributed by atoms with Gasteiger partial charge in [0.1, 0.15) is 0 Å². The lowest BCUT2D eigenvalue weighted by Gasteiger charge is -2.56. The molecule has 1 N–H and O–H groups in total. The van der Waals surface area contributed by atoms with Crippen molar-refractivity contribution in [2.75, 3.05) is 0 Å². The zero-order valence-electron chi connectivity index (χ0n) is 19.0. The van der Waals surface area contributed by atoms with E-state index in [2.05, 4.69) is 24.1 Å². The van der Waals surface area contributed by atoms with Crippen LogP contribution in [0.25, 0.3) is 0 Å². The van der Waals surface area contributed by atoms with Crippen LogP contribution in [0.4, 0.5) is 0 Å². The van der Waals surface area contributed by atoms with Crippen molar-refractivity contribution in [3.05, 3.63) is 11.6 Å². The summed E-state index contributed by atoms with van der Waals surface area (Å²) in [6.45, 7) is -0.695. The first-order valence-electron chi connectivity index (χ1n) is 11.8. The smallest absolute Gasteiger partial charge is 0.304 e. The number of carbonyl (C=O) groups excluding carboxylic acids is 1.